The van der Waals surface area contributed by atoms with Crippen LogP contribution < -0.4 is 0 Å². The molecule has 1 saturated carbocycles. The molecule has 1 heterocycles. The topological polar surface area (TPSA) is 53.4 Å². The van der Waals surface area contributed by atoms with Gasteiger partial charge in [-0.15, -0.1) is 11.3 Å². The van der Waals surface area contributed by atoms with Crippen LogP contribution in [0.3, 0.4) is 0 Å². The molecule has 1 fully saturated rings. The normalized spacial score (nSPS) is 21.1. The summed E-state index contributed by atoms with van der Waals surface area (Å²) in [6, 6.07) is 9.89. The Balaban J connectivity index is 1.67. The van der Waals surface area contributed by atoms with E-state index >= 15 is 0 Å². The van der Waals surface area contributed by atoms with Crippen molar-refractivity contribution in [2.75, 3.05) is 13.6 Å². The molecule has 1 amide bonds. The molecule has 3 rings (SSSR count). The second-order valence-corrected chi connectivity index (χ2v) is 7.06. The Hall–Kier alpha value is -1.72. The summed E-state index contributed by atoms with van der Waals surface area (Å²) in [5.41, 5.74) is 1.52. The molecular weight excluding hydrogens is 308 g/mol. The van der Waals surface area contributed by atoms with Gasteiger partial charge in [-0.1, -0.05) is 43.2 Å². The number of carbonyl (C=O) groups excluding carboxylic acids is 1. The number of aliphatic hydroxyl groups is 1. The Morgan fingerprint density at radius 3 is 2.78 bits per heavy atom. The van der Waals surface area contributed by atoms with Crippen molar-refractivity contribution < 1.29 is 9.90 Å². The van der Waals surface area contributed by atoms with Crippen molar-refractivity contribution in [1.29, 1.82) is 0 Å². The Kier molecular flexibility index (Phi) is 5.08. The van der Waals surface area contributed by atoms with Gasteiger partial charge in [-0.3, -0.25) is 4.79 Å². The number of aromatic nitrogens is 1. The van der Waals surface area contributed by atoms with E-state index in [1.165, 1.54) is 11.3 Å². The second kappa shape index (κ2) is 7.23. The van der Waals surface area contributed by atoms with Crippen LogP contribution in [0.1, 0.15) is 36.2 Å². The average Bonchev–Trinajstić information content (AvgIpc) is 3.07. The largest absolute Gasteiger partial charge is 0.393 e. The number of thiazole rings is 1. The fourth-order valence-electron chi connectivity index (χ4n) is 3.12. The van der Waals surface area contributed by atoms with E-state index in [1.54, 1.807) is 11.9 Å². The Bertz CT molecular complexity index is 656. The average molecular weight is 330 g/mol. The third-order valence-electron chi connectivity index (χ3n) is 4.47. The molecule has 5 heteroatoms. The monoisotopic (exact) mass is 330 g/mol. The van der Waals surface area contributed by atoms with Gasteiger partial charge in [0.2, 0.25) is 0 Å². The molecule has 1 aromatic carbocycles. The molecule has 23 heavy (non-hydrogen) atoms. The van der Waals surface area contributed by atoms with Crippen LogP contribution in [-0.2, 0) is 0 Å². The molecule has 1 N–H and O–H groups in total. The van der Waals surface area contributed by atoms with Gasteiger partial charge in [-0.05, 0) is 12.8 Å². The van der Waals surface area contributed by atoms with Crippen molar-refractivity contribution in [3.63, 3.8) is 0 Å². The molecule has 1 aliphatic carbocycles. The van der Waals surface area contributed by atoms with Crippen molar-refractivity contribution in [2.45, 2.75) is 31.8 Å². The first-order chi connectivity index (χ1) is 11.1. The molecule has 1 aromatic heterocycles. The lowest BCUT2D eigenvalue weighted by Gasteiger charge is -2.30. The maximum Gasteiger partial charge on any atom is 0.273 e. The van der Waals surface area contributed by atoms with E-state index in [0.29, 0.717) is 12.2 Å². The molecule has 0 bridgehead atoms. The van der Waals surface area contributed by atoms with Crippen LogP contribution in [-0.4, -0.2) is 40.6 Å². The van der Waals surface area contributed by atoms with E-state index in [0.717, 1.165) is 36.3 Å². The Labute approximate surface area is 140 Å². The van der Waals surface area contributed by atoms with Gasteiger partial charge >= 0.3 is 0 Å². The molecule has 0 spiro atoms. The van der Waals surface area contributed by atoms with E-state index in [1.807, 2.05) is 35.7 Å². The van der Waals surface area contributed by atoms with Crippen molar-refractivity contribution in [2.24, 2.45) is 5.92 Å². The lowest BCUT2D eigenvalue weighted by molar-refractivity contribution is 0.0449. The lowest BCUT2D eigenvalue weighted by atomic mass is 9.86. The zero-order valence-electron chi connectivity index (χ0n) is 13.3. The first-order valence-corrected chi connectivity index (χ1v) is 8.97. The summed E-state index contributed by atoms with van der Waals surface area (Å²) < 4.78 is 0. The highest BCUT2D eigenvalue weighted by atomic mass is 32.1. The van der Waals surface area contributed by atoms with Crippen molar-refractivity contribution in [3.05, 3.63) is 41.4 Å². The number of rotatable bonds is 4. The third-order valence-corrected chi connectivity index (χ3v) is 5.36. The molecule has 122 valence electrons. The second-order valence-electron chi connectivity index (χ2n) is 6.20. The van der Waals surface area contributed by atoms with Gasteiger partial charge < -0.3 is 10.0 Å². The minimum absolute atomic E-state index is 0.0683. The van der Waals surface area contributed by atoms with Gasteiger partial charge in [-0.25, -0.2) is 4.98 Å². The van der Waals surface area contributed by atoms with Crippen LogP contribution in [0, 0.1) is 5.92 Å². The minimum Gasteiger partial charge on any atom is -0.393 e. The Morgan fingerprint density at radius 2 is 2.04 bits per heavy atom. The van der Waals surface area contributed by atoms with E-state index in [-0.39, 0.29) is 17.9 Å². The summed E-state index contributed by atoms with van der Waals surface area (Å²) in [5.74, 6) is 0.117. The minimum atomic E-state index is -0.283. The number of amides is 1. The highest BCUT2D eigenvalue weighted by Crippen LogP contribution is 2.26. The number of hydrogen-bond donors (Lipinski definition) is 1. The van der Waals surface area contributed by atoms with Crippen LogP contribution >= 0.6 is 11.3 Å². The van der Waals surface area contributed by atoms with Crippen LogP contribution in [0.4, 0.5) is 0 Å². The fourth-order valence-corrected chi connectivity index (χ4v) is 3.92. The SMILES string of the molecule is CN(CC1CCCCC1O)C(=O)c1csc(-c2ccccc2)n1. The fraction of sp³-hybridized carbons (Fsp3) is 0.444. The number of hydrogen-bond acceptors (Lipinski definition) is 4. The molecular formula is C18H22N2O2S. The van der Waals surface area contributed by atoms with E-state index < -0.39 is 0 Å². The van der Waals surface area contributed by atoms with Gasteiger partial charge in [0.05, 0.1) is 6.10 Å². The zero-order chi connectivity index (χ0) is 16.2. The molecule has 4 nitrogen and oxygen atoms in total. The smallest absolute Gasteiger partial charge is 0.273 e. The summed E-state index contributed by atoms with van der Waals surface area (Å²) in [6.45, 7) is 0.595. The molecule has 1 aliphatic rings. The molecule has 2 atom stereocenters. The van der Waals surface area contributed by atoms with E-state index in [9.17, 15) is 9.90 Å². The maximum atomic E-state index is 12.6. The quantitative estimate of drug-likeness (QED) is 0.934. The predicted molar refractivity (Wildman–Crippen MR) is 92.5 cm³/mol. The molecule has 0 radical (unpaired) electrons. The first-order valence-electron chi connectivity index (χ1n) is 8.09. The summed E-state index contributed by atoms with van der Waals surface area (Å²) in [5, 5.41) is 12.8. The first kappa shape index (κ1) is 16.1. The standard InChI is InChI=1S/C18H22N2O2S/c1-20(11-14-9-5-6-10-16(14)21)18(22)15-12-23-17(19-15)13-7-3-2-4-8-13/h2-4,7-8,12,14,16,21H,5-6,9-11H2,1H3. The van der Waals surface area contributed by atoms with Crippen LogP contribution in [0.5, 0.6) is 0 Å². The molecule has 0 aliphatic heterocycles. The van der Waals surface area contributed by atoms with Gasteiger partial charge in [0.25, 0.3) is 5.91 Å². The van der Waals surface area contributed by atoms with Gasteiger partial charge in [-0.2, -0.15) is 0 Å². The third kappa shape index (κ3) is 3.79. The Morgan fingerprint density at radius 1 is 1.30 bits per heavy atom. The number of carbonyl (C=O) groups is 1. The highest BCUT2D eigenvalue weighted by molar-refractivity contribution is 7.13. The van der Waals surface area contributed by atoms with Gasteiger partial charge in [0, 0.05) is 30.5 Å². The summed E-state index contributed by atoms with van der Waals surface area (Å²) in [7, 11) is 1.80. The van der Waals surface area contributed by atoms with Crippen molar-refractivity contribution in [1.82, 2.24) is 9.88 Å². The number of nitrogens with zero attached hydrogens (tertiary/aromatic N) is 2. The van der Waals surface area contributed by atoms with Crippen LogP contribution in [0.25, 0.3) is 10.6 Å². The van der Waals surface area contributed by atoms with E-state index in [2.05, 4.69) is 4.98 Å². The van der Waals surface area contributed by atoms with Gasteiger partial charge in [0.15, 0.2) is 0 Å². The molecule has 2 aromatic rings. The van der Waals surface area contributed by atoms with Crippen LogP contribution in [0.15, 0.2) is 35.7 Å². The van der Waals surface area contributed by atoms with Crippen molar-refractivity contribution in [3.8, 4) is 10.6 Å². The zero-order valence-corrected chi connectivity index (χ0v) is 14.1. The number of benzene rings is 1. The molecule has 0 saturated heterocycles. The summed E-state index contributed by atoms with van der Waals surface area (Å²) in [6.07, 6.45) is 3.78. The molecule has 2 unspecified atom stereocenters. The maximum absolute atomic E-state index is 12.6. The van der Waals surface area contributed by atoms with Gasteiger partial charge in [0.1, 0.15) is 10.7 Å². The highest BCUT2D eigenvalue weighted by Gasteiger charge is 2.26. The summed E-state index contributed by atoms with van der Waals surface area (Å²) >= 11 is 1.49. The van der Waals surface area contributed by atoms with E-state index in [4.69, 9.17) is 0 Å². The van der Waals surface area contributed by atoms with Crippen LogP contribution in [0.2, 0.25) is 0 Å². The lowest BCUT2D eigenvalue weighted by Crippen LogP contribution is -2.38. The van der Waals surface area contributed by atoms with Crippen molar-refractivity contribution >= 4 is 17.2 Å². The predicted octanol–water partition coefficient (Wildman–Crippen LogP) is 3.43. The number of aliphatic hydroxyl groups excluding tert-OH is 1. The summed E-state index contributed by atoms with van der Waals surface area (Å²) in [4.78, 5) is 18.7.